The van der Waals surface area contributed by atoms with Crippen LogP contribution in [-0.4, -0.2) is 66.4 Å². The number of anilines is 2. The van der Waals surface area contributed by atoms with E-state index in [1.807, 2.05) is 9.80 Å². The van der Waals surface area contributed by atoms with Crippen LogP contribution in [0.15, 0.2) is 29.4 Å². The van der Waals surface area contributed by atoms with Gasteiger partial charge in [0.25, 0.3) is 0 Å². The van der Waals surface area contributed by atoms with Crippen molar-refractivity contribution in [3.05, 3.63) is 35.2 Å². The summed E-state index contributed by atoms with van der Waals surface area (Å²) in [4.78, 5) is 31.7. The maximum absolute atomic E-state index is 13.2. The van der Waals surface area contributed by atoms with E-state index in [0.717, 1.165) is 50.4 Å². The minimum atomic E-state index is -4.56. The molecule has 0 unspecified atom stereocenters. The summed E-state index contributed by atoms with van der Waals surface area (Å²) in [6.07, 6.45) is -0.201. The quantitative estimate of drug-likeness (QED) is 0.210. The topological polar surface area (TPSA) is 98.7 Å². The predicted molar refractivity (Wildman–Crippen MR) is 140 cm³/mol. The van der Waals surface area contributed by atoms with Gasteiger partial charge in [-0.25, -0.2) is 9.97 Å². The van der Waals surface area contributed by atoms with E-state index in [0.29, 0.717) is 62.9 Å². The first-order valence-electron chi connectivity index (χ1n) is 13.7. The number of amides is 1. The van der Waals surface area contributed by atoms with Crippen LogP contribution in [-0.2, 0) is 15.8 Å². The molecule has 41 heavy (non-hydrogen) atoms. The van der Waals surface area contributed by atoms with E-state index in [-0.39, 0.29) is 12.8 Å². The van der Waals surface area contributed by atoms with E-state index in [4.69, 9.17) is 5.11 Å². The van der Waals surface area contributed by atoms with Gasteiger partial charge in [0.1, 0.15) is 11.6 Å². The van der Waals surface area contributed by atoms with Crippen LogP contribution < -0.4 is 15.1 Å². The summed E-state index contributed by atoms with van der Waals surface area (Å²) in [5, 5.41) is 11.2. The molecule has 2 aliphatic heterocycles. The van der Waals surface area contributed by atoms with Crippen molar-refractivity contribution >= 4 is 24.0 Å². The number of piperidine rings is 1. The van der Waals surface area contributed by atoms with E-state index in [2.05, 4.69) is 15.3 Å². The minimum Gasteiger partial charge on any atom is -0.481 e. The Morgan fingerprint density at radius 3 is 2.07 bits per heavy atom. The Bertz CT molecular complexity index is 1090. The fraction of sp³-hybridized carbons (Fsp3) is 0.630. The van der Waals surface area contributed by atoms with Gasteiger partial charge >= 0.3 is 18.3 Å². The minimum absolute atomic E-state index is 0.0381. The van der Waals surface area contributed by atoms with Crippen molar-refractivity contribution in [1.82, 2.24) is 15.3 Å². The van der Waals surface area contributed by atoms with Crippen LogP contribution in [0, 0.1) is 5.92 Å². The highest BCUT2D eigenvalue weighted by Crippen LogP contribution is 2.34. The number of alkyl halides is 6. The number of nitrogens with zero attached hydrogens (tertiary/aromatic N) is 4. The van der Waals surface area contributed by atoms with Crippen molar-refractivity contribution in [2.45, 2.75) is 70.1 Å². The number of carboxylic acids is 1. The molecule has 1 amide bonds. The zero-order valence-corrected chi connectivity index (χ0v) is 22.6. The lowest BCUT2D eigenvalue weighted by Crippen LogP contribution is -2.39. The molecule has 1 aromatic rings. The predicted octanol–water partition coefficient (Wildman–Crippen LogP) is 5.51. The number of rotatable bonds is 10. The van der Waals surface area contributed by atoms with Crippen LogP contribution in [0.25, 0.3) is 0 Å². The van der Waals surface area contributed by atoms with Gasteiger partial charge in [-0.05, 0) is 57.3 Å². The molecule has 0 spiro atoms. The van der Waals surface area contributed by atoms with Gasteiger partial charge in [0.05, 0.1) is 0 Å². The van der Waals surface area contributed by atoms with Crippen LogP contribution in [0.5, 0.6) is 0 Å². The fourth-order valence-corrected chi connectivity index (χ4v) is 4.83. The molecule has 3 aliphatic rings. The molecular formula is C27H35F6N5O3. The largest absolute Gasteiger partial charge is 0.481 e. The Balaban J connectivity index is 0.000000263. The first kappa shape index (κ1) is 32.2. The van der Waals surface area contributed by atoms with Gasteiger partial charge in [0.2, 0.25) is 12.2 Å². The summed E-state index contributed by atoms with van der Waals surface area (Å²) in [6.45, 7) is 3.18. The Morgan fingerprint density at radius 2 is 1.61 bits per heavy atom. The van der Waals surface area contributed by atoms with Gasteiger partial charge < -0.3 is 20.2 Å². The number of hydrogen-bond donors (Lipinski definition) is 2. The second-order valence-electron chi connectivity index (χ2n) is 10.3. The lowest BCUT2D eigenvalue weighted by molar-refractivity contribution is -0.145. The normalized spacial score (nSPS) is 18.0. The van der Waals surface area contributed by atoms with Gasteiger partial charge in [-0.1, -0.05) is 17.7 Å². The summed E-state index contributed by atoms with van der Waals surface area (Å²) in [7, 11) is 0. The summed E-state index contributed by atoms with van der Waals surface area (Å²) < 4.78 is 76.1. The molecule has 228 valence electrons. The zero-order chi connectivity index (χ0) is 30.0. The van der Waals surface area contributed by atoms with Gasteiger partial charge in [-0.2, -0.15) is 26.3 Å². The van der Waals surface area contributed by atoms with Crippen molar-refractivity contribution in [3.8, 4) is 0 Å². The number of carbonyl (C=O) groups is 2. The molecule has 0 radical (unpaired) electrons. The highest BCUT2D eigenvalue weighted by Gasteiger charge is 2.37. The monoisotopic (exact) mass is 591 g/mol. The number of nitrogens with one attached hydrogen (secondary N) is 1. The Labute approximate surface area is 234 Å². The molecule has 3 heterocycles. The highest BCUT2D eigenvalue weighted by molar-refractivity contribution is 5.66. The van der Waals surface area contributed by atoms with Crippen LogP contribution in [0.1, 0.15) is 63.6 Å². The van der Waals surface area contributed by atoms with E-state index >= 15 is 0 Å². The van der Waals surface area contributed by atoms with Crippen LogP contribution in [0.3, 0.4) is 0 Å². The van der Waals surface area contributed by atoms with Crippen LogP contribution in [0.4, 0.5) is 38.0 Å². The van der Waals surface area contributed by atoms with E-state index < -0.39 is 29.7 Å². The highest BCUT2D eigenvalue weighted by atomic mass is 19.4. The first-order valence-corrected chi connectivity index (χ1v) is 13.7. The molecule has 2 fully saturated rings. The number of aliphatic carboxylic acids is 1. The molecule has 14 heteroatoms. The lowest BCUT2D eigenvalue weighted by atomic mass is 9.91. The summed E-state index contributed by atoms with van der Waals surface area (Å²) in [5.41, 5.74) is 0.465. The first-order chi connectivity index (χ1) is 19.4. The number of carbonyl (C=O) groups excluding carboxylic acids is 1. The van der Waals surface area contributed by atoms with Crippen LogP contribution in [0.2, 0.25) is 0 Å². The molecule has 2 N–H and O–H groups in total. The van der Waals surface area contributed by atoms with Crippen molar-refractivity contribution < 1.29 is 41.0 Å². The number of carboxylic acid groups (broad SMARTS) is 1. The molecule has 0 atom stereocenters. The smallest absolute Gasteiger partial charge is 0.451 e. The third-order valence-electron chi connectivity index (χ3n) is 7.35. The zero-order valence-electron chi connectivity index (χ0n) is 22.6. The van der Waals surface area contributed by atoms with Crippen molar-refractivity contribution in [3.63, 3.8) is 0 Å². The third kappa shape index (κ3) is 10.2. The summed E-state index contributed by atoms with van der Waals surface area (Å²) in [5.74, 6) is -0.776. The standard InChI is InChI=1S/C17H23F3N4O2.C10H12F3NO/c18-17(19,20)16-21-13(23-7-2-8-23)11-14(22-16)24-9-5-12(6-10-24)3-1-4-15(25)26;11-10(12,13)9-3-1-8(2-4-9)5-6-14-7-15/h11-12H,1-10H2,(H,25,26);1,3,7H,2,4-6H2,(H,14,15). The van der Waals surface area contributed by atoms with Gasteiger partial charge in [0.15, 0.2) is 0 Å². The van der Waals surface area contributed by atoms with Crippen molar-refractivity contribution in [2.75, 3.05) is 42.5 Å². The van der Waals surface area contributed by atoms with Crippen LogP contribution >= 0.6 is 0 Å². The van der Waals surface area contributed by atoms with Crippen molar-refractivity contribution in [1.29, 1.82) is 0 Å². The average Bonchev–Trinajstić information content (AvgIpc) is 2.88. The molecular weight excluding hydrogens is 556 g/mol. The second-order valence-corrected chi connectivity index (χ2v) is 10.3. The third-order valence-corrected chi connectivity index (χ3v) is 7.35. The molecule has 1 aromatic heterocycles. The van der Waals surface area contributed by atoms with Gasteiger partial charge in [0, 0.05) is 50.8 Å². The van der Waals surface area contributed by atoms with Crippen molar-refractivity contribution in [2.24, 2.45) is 5.92 Å². The van der Waals surface area contributed by atoms with E-state index in [9.17, 15) is 35.9 Å². The SMILES string of the molecule is O=C(O)CCCC1CCN(c2cc(N3CCC3)nc(C(F)(F)F)n2)CC1.O=CNCCC1=CC=C(C(F)(F)F)CC1. The Morgan fingerprint density at radius 1 is 0.976 bits per heavy atom. The molecule has 0 saturated carbocycles. The van der Waals surface area contributed by atoms with Gasteiger partial charge in [-0.3, -0.25) is 9.59 Å². The molecule has 0 aromatic carbocycles. The average molecular weight is 592 g/mol. The maximum Gasteiger partial charge on any atom is 0.451 e. The lowest BCUT2D eigenvalue weighted by Gasteiger charge is -2.35. The molecule has 4 rings (SSSR count). The summed E-state index contributed by atoms with van der Waals surface area (Å²) >= 11 is 0. The van der Waals surface area contributed by atoms with E-state index in [1.165, 1.54) is 6.08 Å². The molecule has 1 aliphatic carbocycles. The number of halogens is 6. The Hall–Kier alpha value is -3.32. The number of allylic oxidation sites excluding steroid dienone is 3. The second kappa shape index (κ2) is 14.5. The van der Waals surface area contributed by atoms with Gasteiger partial charge in [-0.15, -0.1) is 0 Å². The fourth-order valence-electron chi connectivity index (χ4n) is 4.83. The van der Waals surface area contributed by atoms with E-state index in [1.54, 1.807) is 6.07 Å². The number of aromatic nitrogens is 2. The molecule has 8 nitrogen and oxygen atoms in total. The Kier molecular flexibility index (Phi) is 11.4. The molecule has 2 saturated heterocycles. The molecule has 0 bridgehead atoms. The summed E-state index contributed by atoms with van der Waals surface area (Å²) in [6, 6.07) is 1.65. The number of hydrogen-bond acceptors (Lipinski definition) is 6. The maximum atomic E-state index is 13.2.